The topological polar surface area (TPSA) is 95.9 Å². The lowest BCUT2D eigenvalue weighted by molar-refractivity contribution is -0.143. The number of amides is 1. The fourth-order valence-corrected chi connectivity index (χ4v) is 9.23. The number of aliphatic hydroxyl groups excluding tert-OH is 2. The van der Waals surface area contributed by atoms with Gasteiger partial charge in [0.1, 0.15) is 0 Å². The van der Waals surface area contributed by atoms with Crippen molar-refractivity contribution < 1.29 is 24.5 Å². The zero-order valence-electron chi connectivity index (χ0n) is 42.8. The Morgan fingerprint density at radius 1 is 0.381 bits per heavy atom. The molecule has 0 spiro atoms. The Morgan fingerprint density at radius 2 is 0.651 bits per heavy atom. The molecule has 2 atom stereocenters. The van der Waals surface area contributed by atoms with Crippen LogP contribution in [0.2, 0.25) is 0 Å². The van der Waals surface area contributed by atoms with Crippen molar-refractivity contribution in [2.24, 2.45) is 0 Å². The van der Waals surface area contributed by atoms with E-state index in [-0.39, 0.29) is 18.5 Å². The monoisotopic (exact) mass is 892 g/mol. The van der Waals surface area contributed by atoms with Crippen molar-refractivity contribution in [3.63, 3.8) is 0 Å². The average Bonchev–Trinajstić information content (AvgIpc) is 3.28. The number of hydrogen-bond acceptors (Lipinski definition) is 5. The summed E-state index contributed by atoms with van der Waals surface area (Å²) >= 11 is 0. The second kappa shape index (κ2) is 53.5. The van der Waals surface area contributed by atoms with E-state index in [1.807, 2.05) is 0 Å². The lowest BCUT2D eigenvalue weighted by atomic mass is 10.0. The number of hydrogen-bond donors (Lipinski definition) is 3. The predicted molar refractivity (Wildman–Crippen MR) is 274 cm³/mol. The molecule has 0 fully saturated rings. The van der Waals surface area contributed by atoms with Crippen molar-refractivity contribution >= 4 is 11.9 Å². The molecule has 0 aliphatic rings. The quantitative estimate of drug-likeness (QED) is 0.0418. The normalized spacial score (nSPS) is 12.5. The highest BCUT2D eigenvalue weighted by molar-refractivity contribution is 5.76. The number of carbonyl (C=O) groups is 2. The van der Waals surface area contributed by atoms with E-state index in [1.165, 1.54) is 238 Å². The van der Waals surface area contributed by atoms with Crippen molar-refractivity contribution in [2.75, 3.05) is 13.2 Å². The lowest BCUT2D eigenvalue weighted by Crippen LogP contribution is -2.45. The van der Waals surface area contributed by atoms with Crippen LogP contribution >= 0.6 is 0 Å². The maximum absolute atomic E-state index is 12.5. The molecule has 2 unspecified atom stereocenters. The number of rotatable bonds is 54. The van der Waals surface area contributed by atoms with Gasteiger partial charge in [-0.2, -0.15) is 0 Å². The Morgan fingerprint density at radius 3 is 0.968 bits per heavy atom. The average molecular weight is 893 g/mol. The molecule has 0 saturated carbocycles. The molecule has 1 amide bonds. The molecular formula is C57H113NO5. The largest absolute Gasteiger partial charge is 0.466 e. The van der Waals surface area contributed by atoms with Gasteiger partial charge in [0.25, 0.3) is 0 Å². The molecule has 0 radical (unpaired) electrons. The van der Waals surface area contributed by atoms with E-state index >= 15 is 0 Å². The van der Waals surface area contributed by atoms with Crippen LogP contribution in [0.1, 0.15) is 328 Å². The molecule has 0 aromatic carbocycles. The van der Waals surface area contributed by atoms with Gasteiger partial charge in [-0.15, -0.1) is 0 Å². The Labute approximate surface area is 394 Å². The minimum absolute atomic E-state index is 0.00563. The Bertz CT molecular complexity index is 898. The molecule has 6 nitrogen and oxygen atoms in total. The highest BCUT2D eigenvalue weighted by Crippen LogP contribution is 2.18. The lowest BCUT2D eigenvalue weighted by Gasteiger charge is -2.22. The standard InChI is InChI=1S/C57H113NO5/c1-3-5-7-9-11-13-15-17-19-20-21-22-23-24-25-29-33-37-41-45-49-55(60)54(53-59)58-56(61)50-46-42-38-34-30-27-28-32-36-40-44-48-52-63-57(62)51-47-43-39-35-31-26-18-16-14-12-10-8-6-4-2/h54-55,59-60H,3-53H2,1-2H3,(H,58,61). The van der Waals surface area contributed by atoms with Crippen molar-refractivity contribution in [2.45, 2.75) is 341 Å². The van der Waals surface area contributed by atoms with E-state index in [9.17, 15) is 19.8 Å². The van der Waals surface area contributed by atoms with Crippen LogP contribution in [0.4, 0.5) is 0 Å². The van der Waals surface area contributed by atoms with Crippen LogP contribution in [0.25, 0.3) is 0 Å². The predicted octanol–water partition coefficient (Wildman–Crippen LogP) is 17.5. The third-order valence-electron chi connectivity index (χ3n) is 13.7. The van der Waals surface area contributed by atoms with E-state index in [1.54, 1.807) is 0 Å². The second-order valence-electron chi connectivity index (χ2n) is 20.0. The molecule has 0 rings (SSSR count). The number of esters is 1. The summed E-state index contributed by atoms with van der Waals surface area (Å²) < 4.78 is 5.47. The van der Waals surface area contributed by atoms with Gasteiger partial charge in [0.05, 0.1) is 25.4 Å². The van der Waals surface area contributed by atoms with Gasteiger partial charge in [0.2, 0.25) is 5.91 Å². The minimum atomic E-state index is -0.674. The molecule has 0 aromatic heterocycles. The molecule has 0 aliphatic carbocycles. The van der Waals surface area contributed by atoms with Gasteiger partial charge < -0.3 is 20.3 Å². The van der Waals surface area contributed by atoms with Gasteiger partial charge in [-0.3, -0.25) is 9.59 Å². The summed E-state index contributed by atoms with van der Waals surface area (Å²) in [6, 6.07) is -0.552. The zero-order valence-corrected chi connectivity index (χ0v) is 42.8. The van der Waals surface area contributed by atoms with Crippen LogP contribution in [-0.4, -0.2) is 47.4 Å². The summed E-state index contributed by atoms with van der Waals surface area (Å²) in [6.45, 7) is 4.95. The van der Waals surface area contributed by atoms with Gasteiger partial charge >= 0.3 is 5.97 Å². The first-order valence-corrected chi connectivity index (χ1v) is 28.8. The van der Waals surface area contributed by atoms with Crippen molar-refractivity contribution in [3.8, 4) is 0 Å². The number of nitrogens with one attached hydrogen (secondary N) is 1. The second-order valence-corrected chi connectivity index (χ2v) is 20.0. The summed E-state index contributed by atoms with van der Waals surface area (Å²) in [5.41, 5.74) is 0. The van der Waals surface area contributed by atoms with Crippen LogP contribution < -0.4 is 5.32 Å². The summed E-state index contributed by atoms with van der Waals surface area (Å²) in [5, 5.41) is 23.3. The molecule has 3 N–H and O–H groups in total. The van der Waals surface area contributed by atoms with Crippen LogP contribution in [-0.2, 0) is 14.3 Å². The molecule has 0 heterocycles. The van der Waals surface area contributed by atoms with Crippen molar-refractivity contribution in [1.82, 2.24) is 5.32 Å². The third-order valence-corrected chi connectivity index (χ3v) is 13.7. The van der Waals surface area contributed by atoms with Crippen molar-refractivity contribution in [3.05, 3.63) is 0 Å². The summed E-state index contributed by atoms with van der Waals surface area (Å²) in [6.07, 6.45) is 60.8. The van der Waals surface area contributed by atoms with Gasteiger partial charge in [-0.25, -0.2) is 0 Å². The SMILES string of the molecule is CCCCCCCCCCCCCCCCCCCCCCC(O)C(CO)NC(=O)CCCCCCCCCCCCCCOC(=O)CCCCCCCCCCCCCCCC. The summed E-state index contributed by atoms with van der Waals surface area (Å²) in [5.74, 6) is -0.0519. The van der Waals surface area contributed by atoms with E-state index < -0.39 is 12.1 Å². The van der Waals surface area contributed by atoms with E-state index in [2.05, 4.69) is 19.2 Å². The molecule has 376 valence electrons. The maximum Gasteiger partial charge on any atom is 0.305 e. The Hall–Kier alpha value is -1.14. The van der Waals surface area contributed by atoms with Crippen LogP contribution in [0.3, 0.4) is 0 Å². The molecular weight excluding hydrogens is 779 g/mol. The third kappa shape index (κ3) is 50.1. The van der Waals surface area contributed by atoms with Gasteiger partial charge in [0, 0.05) is 12.8 Å². The highest BCUT2D eigenvalue weighted by Gasteiger charge is 2.20. The van der Waals surface area contributed by atoms with Crippen molar-refractivity contribution in [1.29, 1.82) is 0 Å². The summed E-state index contributed by atoms with van der Waals surface area (Å²) in [4.78, 5) is 24.5. The number of ether oxygens (including phenoxy) is 1. The van der Waals surface area contributed by atoms with E-state index in [4.69, 9.17) is 4.74 Å². The fourth-order valence-electron chi connectivity index (χ4n) is 9.23. The Kier molecular flexibility index (Phi) is 52.5. The van der Waals surface area contributed by atoms with Crippen LogP contribution in [0, 0.1) is 0 Å². The maximum atomic E-state index is 12.5. The first kappa shape index (κ1) is 61.9. The zero-order chi connectivity index (χ0) is 45.8. The fraction of sp³-hybridized carbons (Fsp3) is 0.965. The van der Waals surface area contributed by atoms with E-state index in [0.717, 1.165) is 57.8 Å². The molecule has 0 aliphatic heterocycles. The molecule has 0 saturated heterocycles. The van der Waals surface area contributed by atoms with Crippen LogP contribution in [0.5, 0.6) is 0 Å². The van der Waals surface area contributed by atoms with Crippen LogP contribution in [0.15, 0.2) is 0 Å². The number of carbonyl (C=O) groups excluding carboxylic acids is 2. The molecule has 63 heavy (non-hydrogen) atoms. The first-order chi connectivity index (χ1) is 31.0. The van der Waals surface area contributed by atoms with Gasteiger partial charge in [-0.1, -0.05) is 290 Å². The Balaban J connectivity index is 3.44. The smallest absolute Gasteiger partial charge is 0.305 e. The molecule has 0 aromatic rings. The van der Waals surface area contributed by atoms with E-state index in [0.29, 0.717) is 25.9 Å². The number of aliphatic hydroxyl groups is 2. The summed E-state index contributed by atoms with van der Waals surface area (Å²) in [7, 11) is 0. The number of unbranched alkanes of at least 4 members (excludes halogenated alkanes) is 43. The highest BCUT2D eigenvalue weighted by atomic mass is 16.5. The van der Waals surface area contributed by atoms with Gasteiger partial charge in [0.15, 0.2) is 0 Å². The first-order valence-electron chi connectivity index (χ1n) is 28.8. The molecule has 6 heteroatoms. The minimum Gasteiger partial charge on any atom is -0.466 e. The molecule has 0 bridgehead atoms. The van der Waals surface area contributed by atoms with Gasteiger partial charge in [-0.05, 0) is 25.7 Å².